The average molecular weight is 301 g/mol. The van der Waals surface area contributed by atoms with Gasteiger partial charge in [-0.3, -0.25) is 4.40 Å². The number of hydrogen-bond acceptors (Lipinski definition) is 3. The Kier molecular flexibility index (Phi) is 4.01. The van der Waals surface area contributed by atoms with Crippen LogP contribution in [0.3, 0.4) is 0 Å². The zero-order valence-corrected chi connectivity index (χ0v) is 11.4. The molecule has 2 N–H and O–H groups in total. The van der Waals surface area contributed by atoms with Gasteiger partial charge in [-0.1, -0.05) is 0 Å². The zero-order chi connectivity index (χ0) is 15.6. The molecule has 0 bridgehead atoms. The highest BCUT2D eigenvalue weighted by Gasteiger charge is 2.31. The van der Waals surface area contributed by atoms with Crippen molar-refractivity contribution in [3.8, 4) is 0 Å². The van der Waals surface area contributed by atoms with Crippen molar-refractivity contribution in [2.75, 3.05) is 0 Å². The summed E-state index contributed by atoms with van der Waals surface area (Å²) < 4.78 is 39.2. The molecule has 0 saturated heterocycles. The molecular weight excluding hydrogens is 287 g/mol. The average Bonchev–Trinajstić information content (AvgIpc) is 2.76. The number of amides is 2. The van der Waals surface area contributed by atoms with Crippen LogP contribution >= 0.6 is 0 Å². The van der Waals surface area contributed by atoms with Crippen LogP contribution in [0.2, 0.25) is 0 Å². The molecule has 6 nitrogen and oxygen atoms in total. The van der Waals surface area contributed by atoms with E-state index in [1.165, 1.54) is 10.5 Å². The first-order chi connectivity index (χ1) is 9.77. The molecule has 2 heterocycles. The fourth-order valence-electron chi connectivity index (χ4n) is 1.70. The van der Waals surface area contributed by atoms with E-state index in [9.17, 15) is 18.0 Å². The Morgan fingerprint density at radius 2 is 2.05 bits per heavy atom. The number of rotatable bonds is 3. The molecular formula is C12H14F3N5O. The smallest absolute Gasteiger partial charge is 0.336 e. The number of nitrogens with one attached hydrogen (secondary N) is 2. The molecule has 0 aliphatic carbocycles. The lowest BCUT2D eigenvalue weighted by molar-refractivity contribution is -0.137. The van der Waals surface area contributed by atoms with Crippen LogP contribution in [0.25, 0.3) is 5.65 Å². The van der Waals surface area contributed by atoms with Gasteiger partial charge in [-0.05, 0) is 26.0 Å². The number of urea groups is 1. The van der Waals surface area contributed by atoms with Gasteiger partial charge in [-0.15, -0.1) is 10.2 Å². The van der Waals surface area contributed by atoms with E-state index >= 15 is 0 Å². The SMILES string of the molecule is CC(C)NC(=O)NCc1nnc2ccc(C(F)(F)F)cn12. The van der Waals surface area contributed by atoms with E-state index in [4.69, 9.17) is 0 Å². The number of aromatic nitrogens is 3. The van der Waals surface area contributed by atoms with E-state index in [0.29, 0.717) is 0 Å². The molecule has 0 saturated carbocycles. The van der Waals surface area contributed by atoms with Gasteiger partial charge in [-0.25, -0.2) is 4.79 Å². The van der Waals surface area contributed by atoms with Gasteiger partial charge in [0, 0.05) is 12.2 Å². The Balaban J connectivity index is 2.19. The lowest BCUT2D eigenvalue weighted by Crippen LogP contribution is -2.39. The number of halogens is 3. The van der Waals surface area contributed by atoms with Crippen LogP contribution < -0.4 is 10.6 Å². The molecule has 0 aliphatic heterocycles. The van der Waals surface area contributed by atoms with Crippen LogP contribution in [0.1, 0.15) is 25.2 Å². The quantitative estimate of drug-likeness (QED) is 0.910. The minimum Gasteiger partial charge on any atom is -0.336 e. The number of hydrogen-bond donors (Lipinski definition) is 2. The Morgan fingerprint density at radius 1 is 1.33 bits per heavy atom. The summed E-state index contributed by atoms with van der Waals surface area (Å²) >= 11 is 0. The molecule has 114 valence electrons. The van der Waals surface area contributed by atoms with Crippen molar-refractivity contribution >= 4 is 11.7 Å². The van der Waals surface area contributed by atoms with Crippen molar-refractivity contribution in [3.63, 3.8) is 0 Å². The summed E-state index contributed by atoms with van der Waals surface area (Å²) in [7, 11) is 0. The Bertz CT molecular complexity index is 650. The predicted octanol–water partition coefficient (Wildman–Crippen LogP) is 1.96. The third-order valence-corrected chi connectivity index (χ3v) is 2.63. The number of alkyl halides is 3. The number of pyridine rings is 1. The first-order valence-corrected chi connectivity index (χ1v) is 6.22. The topological polar surface area (TPSA) is 71.3 Å². The van der Waals surface area contributed by atoms with Crippen LogP contribution in [-0.4, -0.2) is 26.7 Å². The highest BCUT2D eigenvalue weighted by atomic mass is 19.4. The summed E-state index contributed by atoms with van der Waals surface area (Å²) in [6.07, 6.45) is -3.54. The van der Waals surface area contributed by atoms with Gasteiger partial charge in [0.1, 0.15) is 0 Å². The van der Waals surface area contributed by atoms with Crippen molar-refractivity contribution in [1.29, 1.82) is 0 Å². The van der Waals surface area contributed by atoms with Crippen LogP contribution in [0.15, 0.2) is 18.3 Å². The number of fused-ring (bicyclic) bond motifs is 1. The van der Waals surface area contributed by atoms with E-state index in [2.05, 4.69) is 20.8 Å². The molecule has 21 heavy (non-hydrogen) atoms. The minimum absolute atomic E-state index is 0.0268. The molecule has 0 fully saturated rings. The summed E-state index contributed by atoms with van der Waals surface area (Å²) in [6, 6.07) is 1.70. The second-order valence-electron chi connectivity index (χ2n) is 4.74. The van der Waals surface area contributed by atoms with Crippen molar-refractivity contribution in [3.05, 3.63) is 29.7 Å². The lowest BCUT2D eigenvalue weighted by atomic mass is 10.3. The highest BCUT2D eigenvalue weighted by molar-refractivity contribution is 5.73. The fraction of sp³-hybridized carbons (Fsp3) is 0.417. The van der Waals surface area contributed by atoms with E-state index in [0.717, 1.165) is 12.3 Å². The maximum Gasteiger partial charge on any atom is 0.417 e. The van der Waals surface area contributed by atoms with Crippen molar-refractivity contribution < 1.29 is 18.0 Å². The first-order valence-electron chi connectivity index (χ1n) is 6.22. The van der Waals surface area contributed by atoms with E-state index in [1.54, 1.807) is 13.8 Å². The molecule has 0 atom stereocenters. The van der Waals surface area contributed by atoms with Gasteiger partial charge in [0.25, 0.3) is 0 Å². The van der Waals surface area contributed by atoms with Crippen molar-refractivity contribution in [1.82, 2.24) is 25.2 Å². The maximum atomic E-state index is 12.7. The van der Waals surface area contributed by atoms with Crippen molar-refractivity contribution in [2.45, 2.75) is 32.6 Å². The maximum absolute atomic E-state index is 12.7. The van der Waals surface area contributed by atoms with Gasteiger partial charge in [0.2, 0.25) is 0 Å². The minimum atomic E-state index is -4.45. The monoisotopic (exact) mass is 301 g/mol. The molecule has 2 aromatic heterocycles. The number of carbonyl (C=O) groups excluding carboxylic acids is 1. The number of nitrogens with zero attached hydrogens (tertiary/aromatic N) is 3. The molecule has 0 unspecified atom stereocenters. The zero-order valence-electron chi connectivity index (χ0n) is 11.4. The second kappa shape index (κ2) is 5.58. The van der Waals surface area contributed by atoms with Gasteiger partial charge in [0.05, 0.1) is 12.1 Å². The number of carbonyl (C=O) groups is 1. The Morgan fingerprint density at radius 3 is 2.67 bits per heavy atom. The third-order valence-electron chi connectivity index (χ3n) is 2.63. The van der Waals surface area contributed by atoms with Gasteiger partial charge in [0.15, 0.2) is 11.5 Å². The normalized spacial score (nSPS) is 11.9. The molecule has 2 rings (SSSR count). The fourth-order valence-corrected chi connectivity index (χ4v) is 1.70. The Hall–Kier alpha value is -2.32. The first kappa shape index (κ1) is 15.1. The summed E-state index contributed by atoms with van der Waals surface area (Å²) in [4.78, 5) is 11.5. The van der Waals surface area contributed by atoms with Gasteiger partial charge < -0.3 is 10.6 Å². The summed E-state index contributed by atoms with van der Waals surface area (Å²) in [6.45, 7) is 3.56. The van der Waals surface area contributed by atoms with Crippen molar-refractivity contribution in [2.24, 2.45) is 0 Å². The lowest BCUT2D eigenvalue weighted by Gasteiger charge is -2.10. The molecule has 0 radical (unpaired) electrons. The molecule has 0 aromatic carbocycles. The van der Waals surface area contributed by atoms with Crippen LogP contribution in [0, 0.1) is 0 Å². The highest BCUT2D eigenvalue weighted by Crippen LogP contribution is 2.29. The standard InChI is InChI=1S/C12H14F3N5O/c1-7(2)17-11(21)16-5-10-19-18-9-4-3-8(6-20(9)10)12(13,14)15/h3-4,6-7H,5H2,1-2H3,(H2,16,17,21). The summed E-state index contributed by atoms with van der Waals surface area (Å²) in [5.74, 6) is 0.218. The van der Waals surface area contributed by atoms with Crippen LogP contribution in [0.4, 0.5) is 18.0 Å². The molecule has 0 spiro atoms. The Labute approximate surface area is 118 Å². The van der Waals surface area contributed by atoms with Gasteiger partial charge in [-0.2, -0.15) is 13.2 Å². The van der Waals surface area contributed by atoms with Crippen LogP contribution in [0.5, 0.6) is 0 Å². The van der Waals surface area contributed by atoms with Gasteiger partial charge >= 0.3 is 12.2 Å². The molecule has 9 heteroatoms. The predicted molar refractivity (Wildman–Crippen MR) is 68.5 cm³/mol. The van der Waals surface area contributed by atoms with E-state index < -0.39 is 17.8 Å². The summed E-state index contributed by atoms with van der Waals surface area (Å²) in [5.41, 5.74) is -0.522. The van der Waals surface area contributed by atoms with Crippen LogP contribution in [-0.2, 0) is 12.7 Å². The second-order valence-corrected chi connectivity index (χ2v) is 4.74. The largest absolute Gasteiger partial charge is 0.417 e. The summed E-state index contributed by atoms with van der Waals surface area (Å²) in [5, 5.41) is 12.6. The van der Waals surface area contributed by atoms with E-state index in [-0.39, 0.29) is 24.1 Å². The molecule has 2 aromatic rings. The van der Waals surface area contributed by atoms with E-state index in [1.807, 2.05) is 0 Å². The molecule has 0 aliphatic rings. The molecule has 2 amide bonds. The third kappa shape index (κ3) is 3.61.